The zero-order valence-corrected chi connectivity index (χ0v) is 22.0. The van der Waals surface area contributed by atoms with Gasteiger partial charge in [-0.15, -0.1) is 13.2 Å². The molecule has 2 unspecified atom stereocenters. The second kappa shape index (κ2) is 11.5. The molecule has 10 nitrogen and oxygen atoms in total. The smallest absolute Gasteiger partial charge is 0.478 e. The van der Waals surface area contributed by atoms with Crippen LogP contribution >= 0.6 is 11.6 Å². The Kier molecular flexibility index (Phi) is 8.24. The number of carbonyl (C=O) groups is 3. The quantitative estimate of drug-likeness (QED) is 0.347. The molecule has 1 aliphatic rings. The van der Waals surface area contributed by atoms with Crippen molar-refractivity contribution in [2.75, 3.05) is 20.2 Å². The molecular formula is C26H24ClF3N4O6. The second-order valence-electron chi connectivity index (χ2n) is 9.17. The number of methoxy groups -OCH3 is 1. The van der Waals surface area contributed by atoms with Gasteiger partial charge in [0.2, 0.25) is 5.91 Å². The Bertz CT molecular complexity index is 1430. The molecule has 1 saturated heterocycles. The highest BCUT2D eigenvalue weighted by Gasteiger charge is 2.36. The van der Waals surface area contributed by atoms with E-state index in [4.69, 9.17) is 16.7 Å². The highest BCUT2D eigenvalue weighted by Crippen LogP contribution is 2.39. The van der Waals surface area contributed by atoms with Crippen molar-refractivity contribution in [1.82, 2.24) is 20.2 Å². The van der Waals surface area contributed by atoms with E-state index in [9.17, 15) is 27.6 Å². The van der Waals surface area contributed by atoms with Crippen molar-refractivity contribution in [2.45, 2.75) is 25.7 Å². The number of carbonyl (C=O) groups excluding carboxylic acids is 2. The lowest BCUT2D eigenvalue weighted by molar-refractivity contribution is -0.274. The van der Waals surface area contributed by atoms with E-state index in [1.54, 1.807) is 17.0 Å². The number of imidazole rings is 1. The van der Waals surface area contributed by atoms with Crippen LogP contribution in [0.1, 0.15) is 35.6 Å². The van der Waals surface area contributed by atoms with E-state index < -0.39 is 30.2 Å². The molecule has 2 amide bonds. The van der Waals surface area contributed by atoms with Crippen molar-refractivity contribution in [3.63, 3.8) is 0 Å². The van der Waals surface area contributed by atoms with Crippen molar-refractivity contribution in [1.29, 1.82) is 0 Å². The number of nitrogens with zero attached hydrogens (tertiary/aromatic N) is 2. The van der Waals surface area contributed by atoms with Crippen LogP contribution in [-0.4, -0.2) is 64.5 Å². The Morgan fingerprint density at radius 2 is 1.85 bits per heavy atom. The Morgan fingerprint density at radius 1 is 1.18 bits per heavy atom. The monoisotopic (exact) mass is 580 g/mol. The number of carboxylic acids is 1. The van der Waals surface area contributed by atoms with Crippen LogP contribution in [0.4, 0.5) is 18.0 Å². The molecule has 2 heterocycles. The molecule has 14 heteroatoms. The van der Waals surface area contributed by atoms with Crippen LogP contribution in [0.25, 0.3) is 22.4 Å². The van der Waals surface area contributed by atoms with Crippen LogP contribution in [0, 0.1) is 5.92 Å². The molecule has 0 radical (unpaired) electrons. The summed E-state index contributed by atoms with van der Waals surface area (Å²) in [6.45, 7) is 2.20. The summed E-state index contributed by atoms with van der Waals surface area (Å²) in [6.07, 6.45) is -5.13. The molecule has 0 bridgehead atoms. The number of alkyl halides is 3. The number of amides is 2. The third kappa shape index (κ3) is 6.47. The van der Waals surface area contributed by atoms with Crippen LogP contribution in [0.15, 0.2) is 42.5 Å². The van der Waals surface area contributed by atoms with Gasteiger partial charge < -0.3 is 29.8 Å². The largest absolute Gasteiger partial charge is 0.573 e. The number of aromatic nitrogens is 2. The first-order valence-corrected chi connectivity index (χ1v) is 12.3. The number of halogens is 4. The summed E-state index contributed by atoms with van der Waals surface area (Å²) in [7, 11) is 1.20. The highest BCUT2D eigenvalue weighted by molar-refractivity contribution is 6.31. The summed E-state index contributed by atoms with van der Waals surface area (Å²) in [5.41, 5.74) is 0.942. The fourth-order valence-corrected chi connectivity index (χ4v) is 4.78. The van der Waals surface area contributed by atoms with E-state index >= 15 is 0 Å². The van der Waals surface area contributed by atoms with Crippen molar-refractivity contribution < 1.29 is 42.1 Å². The van der Waals surface area contributed by atoms with E-state index in [2.05, 4.69) is 24.8 Å². The average molecular weight is 581 g/mol. The van der Waals surface area contributed by atoms with Crippen molar-refractivity contribution >= 4 is 29.6 Å². The molecule has 4 rings (SSSR count). The van der Waals surface area contributed by atoms with Crippen LogP contribution in [0.5, 0.6) is 5.75 Å². The molecular weight excluding hydrogens is 557 g/mol. The van der Waals surface area contributed by atoms with Gasteiger partial charge in [-0.05, 0) is 36.1 Å². The Labute approximate surface area is 231 Å². The summed E-state index contributed by atoms with van der Waals surface area (Å²) >= 11 is 6.45. The van der Waals surface area contributed by atoms with Gasteiger partial charge >= 0.3 is 18.4 Å². The number of rotatable bonds is 7. The number of likely N-dealkylation sites (tertiary alicyclic amines) is 1. The number of ether oxygens (including phenoxy) is 2. The lowest BCUT2D eigenvalue weighted by Crippen LogP contribution is -2.40. The second-order valence-corrected chi connectivity index (χ2v) is 9.55. The molecule has 0 saturated carbocycles. The molecule has 3 aromatic rings. The minimum atomic E-state index is -5.02. The van der Waals surface area contributed by atoms with Gasteiger partial charge in [-0.3, -0.25) is 4.79 Å². The van der Waals surface area contributed by atoms with Crippen LogP contribution in [0.3, 0.4) is 0 Å². The topological polar surface area (TPSA) is 134 Å². The predicted octanol–water partition coefficient (Wildman–Crippen LogP) is 5.26. The molecule has 1 aromatic heterocycles. The third-order valence-corrected chi connectivity index (χ3v) is 6.59. The van der Waals surface area contributed by atoms with Crippen LogP contribution in [-0.2, 0) is 9.53 Å². The number of benzene rings is 2. The Morgan fingerprint density at radius 3 is 2.48 bits per heavy atom. The van der Waals surface area contributed by atoms with Gasteiger partial charge in [0, 0.05) is 17.7 Å². The summed E-state index contributed by atoms with van der Waals surface area (Å²) < 4.78 is 47.5. The highest BCUT2D eigenvalue weighted by atomic mass is 35.5. The van der Waals surface area contributed by atoms with Crippen molar-refractivity contribution in [3.8, 4) is 28.1 Å². The van der Waals surface area contributed by atoms with Gasteiger partial charge in [-0.1, -0.05) is 42.8 Å². The lowest BCUT2D eigenvalue weighted by Gasteiger charge is -2.23. The van der Waals surface area contributed by atoms with E-state index in [-0.39, 0.29) is 34.6 Å². The number of aromatic amines is 1. The number of aromatic carboxylic acids is 1. The minimum absolute atomic E-state index is 0.0392. The number of nitrogens with one attached hydrogen (secondary N) is 2. The first kappa shape index (κ1) is 28.7. The normalized spacial score (nSPS) is 17.0. The fraction of sp³-hybridized carbons (Fsp3) is 0.308. The number of carboxylic acid groups (broad SMARTS) is 1. The number of hydrogen-bond donors (Lipinski definition) is 3. The van der Waals surface area contributed by atoms with Gasteiger partial charge in [-0.25, -0.2) is 14.6 Å². The average Bonchev–Trinajstić information content (AvgIpc) is 3.48. The Hall–Kier alpha value is -4.26. The van der Waals surface area contributed by atoms with Gasteiger partial charge in [0.15, 0.2) is 0 Å². The van der Waals surface area contributed by atoms with E-state index in [0.29, 0.717) is 35.6 Å². The maximum atomic E-state index is 13.0. The number of hydrogen-bond acceptors (Lipinski definition) is 6. The van der Waals surface area contributed by atoms with Gasteiger partial charge in [0.25, 0.3) is 0 Å². The third-order valence-electron chi connectivity index (χ3n) is 6.32. The SMILES string of the molecule is COC(=O)NCC(=O)N1CC(C)CC1c1nc(-c2ccc(-c3ccc(C(=O)O)cc3OC(F)(F)F)cc2)c(Cl)[nH]1. The Balaban J connectivity index is 1.59. The van der Waals surface area contributed by atoms with Crippen molar-refractivity contribution in [2.24, 2.45) is 5.92 Å². The number of H-pyrrole nitrogens is 1. The maximum absolute atomic E-state index is 13.0. The molecule has 0 aliphatic carbocycles. The molecule has 2 atom stereocenters. The van der Waals surface area contributed by atoms with E-state index in [1.165, 1.54) is 31.4 Å². The molecule has 3 N–H and O–H groups in total. The molecule has 0 spiro atoms. The van der Waals surface area contributed by atoms with Crippen LogP contribution in [0.2, 0.25) is 5.15 Å². The van der Waals surface area contributed by atoms with Gasteiger partial charge in [0.05, 0.1) is 18.7 Å². The molecule has 1 aliphatic heterocycles. The van der Waals surface area contributed by atoms with Gasteiger partial charge in [0.1, 0.15) is 29.0 Å². The lowest BCUT2D eigenvalue weighted by atomic mass is 10.0. The van der Waals surface area contributed by atoms with E-state index in [1.807, 2.05) is 6.92 Å². The zero-order chi connectivity index (χ0) is 29.2. The summed E-state index contributed by atoms with van der Waals surface area (Å²) in [6, 6.07) is 9.09. The standard InChI is InChI=1S/C26H24ClF3N4O6/c1-13-9-18(34(12-13)20(35)11-31-25(38)39-2)23-32-21(22(27)33-23)15-5-3-14(4-6-15)17-8-7-16(24(36)37)10-19(17)40-26(28,29)30/h3-8,10,13,18H,9,11-12H2,1-2H3,(H,31,38)(H,32,33)(H,36,37). The predicted molar refractivity (Wildman–Crippen MR) is 137 cm³/mol. The molecule has 40 heavy (non-hydrogen) atoms. The molecule has 2 aromatic carbocycles. The van der Waals surface area contributed by atoms with E-state index in [0.717, 1.165) is 6.07 Å². The van der Waals surface area contributed by atoms with Gasteiger partial charge in [-0.2, -0.15) is 0 Å². The first-order valence-electron chi connectivity index (χ1n) is 12.0. The first-order chi connectivity index (χ1) is 18.9. The van der Waals surface area contributed by atoms with Crippen molar-refractivity contribution in [3.05, 3.63) is 59.0 Å². The minimum Gasteiger partial charge on any atom is -0.478 e. The summed E-state index contributed by atoms with van der Waals surface area (Å²) in [4.78, 5) is 44.6. The fourth-order valence-electron chi connectivity index (χ4n) is 4.53. The number of alkyl carbamates (subject to hydrolysis) is 1. The van der Waals surface area contributed by atoms with Crippen LogP contribution < -0.4 is 10.1 Å². The summed E-state index contributed by atoms with van der Waals surface area (Å²) in [5, 5.41) is 11.7. The zero-order valence-electron chi connectivity index (χ0n) is 21.2. The molecule has 1 fully saturated rings. The molecule has 212 valence electrons. The maximum Gasteiger partial charge on any atom is 0.573 e. The summed E-state index contributed by atoms with van der Waals surface area (Å²) in [5.74, 6) is -1.75.